The van der Waals surface area contributed by atoms with E-state index in [1.54, 1.807) is 13.8 Å². The first kappa shape index (κ1) is 16.1. The van der Waals surface area contributed by atoms with Crippen molar-refractivity contribution in [1.82, 2.24) is 4.98 Å². The number of halogens is 2. The van der Waals surface area contributed by atoms with Gasteiger partial charge in [0.25, 0.3) is 0 Å². The van der Waals surface area contributed by atoms with Crippen LogP contribution < -0.4 is 16.4 Å². The van der Waals surface area contributed by atoms with Crippen molar-refractivity contribution in [3.63, 3.8) is 0 Å². The predicted octanol–water partition coefficient (Wildman–Crippen LogP) is 2.11. The molecule has 5 nitrogen and oxygen atoms in total. The Morgan fingerprint density at radius 3 is 2.35 bits per heavy atom. The van der Waals surface area contributed by atoms with Gasteiger partial charge in [0, 0.05) is 19.2 Å². The number of carbonyl (C=O) groups excluding carboxylic acids is 1. The topological polar surface area (TPSA) is 80.0 Å². The highest BCUT2D eigenvalue weighted by atomic mass is 19.1. The number of aromatic nitrogens is 1. The van der Waals surface area contributed by atoms with E-state index in [-0.39, 0.29) is 18.2 Å². The maximum Gasteiger partial charge on any atom is 0.224 e. The highest BCUT2D eigenvalue weighted by Gasteiger charge is 2.25. The third-order valence-electron chi connectivity index (χ3n) is 2.84. The van der Waals surface area contributed by atoms with Crippen LogP contribution in [0.2, 0.25) is 0 Å². The van der Waals surface area contributed by atoms with Gasteiger partial charge in [-0.15, -0.1) is 0 Å². The summed E-state index contributed by atoms with van der Waals surface area (Å²) in [6, 6.07) is 0.755. The maximum absolute atomic E-state index is 13.6. The van der Waals surface area contributed by atoms with Crippen molar-refractivity contribution < 1.29 is 13.6 Å². The lowest BCUT2D eigenvalue weighted by Crippen LogP contribution is -2.37. The van der Waals surface area contributed by atoms with E-state index in [0.29, 0.717) is 6.54 Å². The molecule has 0 bridgehead atoms. The molecule has 0 aliphatic rings. The first-order valence-corrected chi connectivity index (χ1v) is 6.41. The van der Waals surface area contributed by atoms with Crippen LogP contribution in [0.25, 0.3) is 0 Å². The van der Waals surface area contributed by atoms with Crippen LogP contribution in [0, 0.1) is 17.0 Å². The fourth-order valence-electron chi connectivity index (χ4n) is 1.35. The summed E-state index contributed by atoms with van der Waals surface area (Å²) in [7, 11) is 0. The normalized spacial score (nSPS) is 11.2. The summed E-state index contributed by atoms with van der Waals surface area (Å²) in [5.41, 5.74) is 4.37. The molecule has 1 rings (SSSR count). The molecule has 0 aliphatic carbocycles. The number of nitrogens with two attached hydrogens (primary N) is 1. The van der Waals surface area contributed by atoms with E-state index in [9.17, 15) is 13.6 Å². The number of primary amides is 1. The van der Waals surface area contributed by atoms with Crippen LogP contribution in [-0.4, -0.2) is 24.0 Å². The van der Waals surface area contributed by atoms with Gasteiger partial charge in [-0.1, -0.05) is 6.92 Å². The molecule has 0 fully saturated rings. The summed E-state index contributed by atoms with van der Waals surface area (Å²) in [6.45, 7) is 5.80. The summed E-state index contributed by atoms with van der Waals surface area (Å²) in [6.07, 6.45) is 0.788. The minimum Gasteiger partial charge on any atom is -0.369 e. The number of hydrogen-bond donors (Lipinski definition) is 3. The fourth-order valence-corrected chi connectivity index (χ4v) is 1.35. The highest BCUT2D eigenvalue weighted by Crippen LogP contribution is 2.21. The SMILES string of the molecule is CCCNc1nc(NCC(C)(C)C(N)=O)c(F)cc1F. The Balaban J connectivity index is 2.87. The molecule has 1 aromatic rings. The number of nitrogens with one attached hydrogen (secondary N) is 2. The van der Waals surface area contributed by atoms with E-state index in [0.717, 1.165) is 12.5 Å². The van der Waals surface area contributed by atoms with Crippen LogP contribution >= 0.6 is 0 Å². The predicted molar refractivity (Wildman–Crippen MR) is 74.4 cm³/mol. The first-order valence-electron chi connectivity index (χ1n) is 6.41. The lowest BCUT2D eigenvalue weighted by molar-refractivity contribution is -0.125. The molecular formula is C13H20F2N4O. The minimum atomic E-state index is -0.862. The molecule has 1 amide bonds. The standard InChI is InChI=1S/C13H20F2N4O/c1-4-5-17-10-8(14)6-9(15)11(19-10)18-7-13(2,3)12(16)20/h6H,4-5,7H2,1-3H3,(H2,16,20)(H2,17,18,19). The molecule has 0 unspecified atom stereocenters. The average molecular weight is 286 g/mol. The lowest BCUT2D eigenvalue weighted by atomic mass is 9.93. The van der Waals surface area contributed by atoms with Gasteiger partial charge in [0.2, 0.25) is 5.91 Å². The summed E-state index contributed by atoms with van der Waals surface area (Å²) in [5, 5.41) is 5.45. The molecule has 0 aromatic carbocycles. The third kappa shape index (κ3) is 4.04. The average Bonchev–Trinajstić information content (AvgIpc) is 2.36. The highest BCUT2D eigenvalue weighted by molar-refractivity contribution is 5.80. The molecule has 0 saturated heterocycles. The van der Waals surface area contributed by atoms with Gasteiger partial charge >= 0.3 is 0 Å². The van der Waals surface area contributed by atoms with Crippen molar-refractivity contribution in [1.29, 1.82) is 0 Å². The molecule has 20 heavy (non-hydrogen) atoms. The number of nitrogens with zero attached hydrogens (tertiary/aromatic N) is 1. The number of amides is 1. The van der Waals surface area contributed by atoms with Gasteiger partial charge in [0.1, 0.15) is 0 Å². The van der Waals surface area contributed by atoms with Crippen LogP contribution in [0.5, 0.6) is 0 Å². The van der Waals surface area contributed by atoms with E-state index in [4.69, 9.17) is 5.73 Å². The summed E-state index contributed by atoms with van der Waals surface area (Å²) in [5.74, 6) is -2.22. The van der Waals surface area contributed by atoms with Gasteiger partial charge in [-0.2, -0.15) is 0 Å². The molecule has 0 saturated carbocycles. The van der Waals surface area contributed by atoms with Crippen molar-refractivity contribution in [3.8, 4) is 0 Å². The van der Waals surface area contributed by atoms with Gasteiger partial charge in [0.05, 0.1) is 5.41 Å². The van der Waals surface area contributed by atoms with E-state index in [1.165, 1.54) is 0 Å². The van der Waals surface area contributed by atoms with Gasteiger partial charge in [0.15, 0.2) is 23.3 Å². The van der Waals surface area contributed by atoms with E-state index in [2.05, 4.69) is 15.6 Å². The Kier molecular flexibility index (Phi) is 5.24. The number of anilines is 2. The van der Waals surface area contributed by atoms with Crippen LogP contribution in [0.15, 0.2) is 6.07 Å². The summed E-state index contributed by atoms with van der Waals surface area (Å²) in [4.78, 5) is 15.0. The molecule has 1 heterocycles. The van der Waals surface area contributed by atoms with Gasteiger partial charge in [-0.3, -0.25) is 4.79 Å². The maximum atomic E-state index is 13.6. The van der Waals surface area contributed by atoms with Crippen molar-refractivity contribution in [2.45, 2.75) is 27.2 Å². The summed E-state index contributed by atoms with van der Waals surface area (Å²) >= 11 is 0. The second kappa shape index (κ2) is 6.49. The third-order valence-corrected chi connectivity index (χ3v) is 2.84. The largest absolute Gasteiger partial charge is 0.369 e. The first-order chi connectivity index (χ1) is 9.27. The molecule has 0 radical (unpaired) electrons. The molecule has 0 atom stereocenters. The molecule has 4 N–H and O–H groups in total. The van der Waals surface area contributed by atoms with Crippen molar-refractivity contribution >= 4 is 17.5 Å². The Labute approximate surface area is 117 Å². The van der Waals surface area contributed by atoms with Crippen LogP contribution in [0.4, 0.5) is 20.4 Å². The zero-order chi connectivity index (χ0) is 15.3. The monoisotopic (exact) mass is 286 g/mol. The number of carbonyl (C=O) groups is 1. The molecule has 1 aromatic heterocycles. The minimum absolute atomic E-state index is 0.0207. The van der Waals surface area contributed by atoms with Gasteiger partial charge in [-0.05, 0) is 20.3 Å². The summed E-state index contributed by atoms with van der Waals surface area (Å²) < 4.78 is 27.1. The Morgan fingerprint density at radius 2 is 1.85 bits per heavy atom. The molecule has 7 heteroatoms. The smallest absolute Gasteiger partial charge is 0.224 e. The Morgan fingerprint density at radius 1 is 1.30 bits per heavy atom. The Hall–Kier alpha value is -1.92. The van der Waals surface area contributed by atoms with Gasteiger partial charge < -0.3 is 16.4 Å². The van der Waals surface area contributed by atoms with E-state index >= 15 is 0 Å². The van der Waals surface area contributed by atoms with Crippen molar-refractivity contribution in [3.05, 3.63) is 17.7 Å². The second-order valence-corrected chi connectivity index (χ2v) is 5.18. The molecular weight excluding hydrogens is 266 g/mol. The van der Waals surface area contributed by atoms with Crippen LogP contribution in [0.1, 0.15) is 27.2 Å². The number of hydrogen-bond acceptors (Lipinski definition) is 4. The van der Waals surface area contributed by atoms with E-state index in [1.807, 2.05) is 6.92 Å². The molecule has 0 aliphatic heterocycles. The second-order valence-electron chi connectivity index (χ2n) is 5.18. The van der Waals surface area contributed by atoms with Gasteiger partial charge in [-0.25, -0.2) is 13.8 Å². The number of pyridine rings is 1. The zero-order valence-electron chi connectivity index (χ0n) is 11.9. The fraction of sp³-hybridized carbons (Fsp3) is 0.538. The molecule has 112 valence electrons. The number of rotatable bonds is 7. The van der Waals surface area contributed by atoms with E-state index < -0.39 is 23.0 Å². The van der Waals surface area contributed by atoms with Crippen molar-refractivity contribution in [2.75, 3.05) is 23.7 Å². The quantitative estimate of drug-likeness (QED) is 0.717. The zero-order valence-corrected chi connectivity index (χ0v) is 11.9. The molecule has 0 spiro atoms. The van der Waals surface area contributed by atoms with Crippen LogP contribution in [0.3, 0.4) is 0 Å². The van der Waals surface area contributed by atoms with Crippen molar-refractivity contribution in [2.24, 2.45) is 11.1 Å². The van der Waals surface area contributed by atoms with Crippen LogP contribution in [-0.2, 0) is 4.79 Å². The Bertz CT molecular complexity index is 492. The lowest BCUT2D eigenvalue weighted by Gasteiger charge is -2.21.